The first-order valence-electron chi connectivity index (χ1n) is 5.84. The number of carbonyl (C=O) groups excluding carboxylic acids is 1. The molecule has 0 saturated heterocycles. The second-order valence-electron chi connectivity index (χ2n) is 4.37. The summed E-state index contributed by atoms with van der Waals surface area (Å²) >= 11 is 0. The molecule has 0 aliphatic heterocycles. The highest BCUT2D eigenvalue weighted by molar-refractivity contribution is 5.92. The maximum atomic E-state index is 11.7. The van der Waals surface area contributed by atoms with Crippen LogP contribution >= 0.6 is 0 Å². The van der Waals surface area contributed by atoms with E-state index < -0.39 is 0 Å². The number of hydrogen-bond acceptors (Lipinski definition) is 4. The number of nitrogen functional groups attached to an aromatic ring is 1. The number of hydrogen-bond donors (Lipinski definition) is 3. The zero-order valence-electron chi connectivity index (χ0n) is 10.4. The Hall–Kier alpha value is -1.62. The van der Waals surface area contributed by atoms with Gasteiger partial charge in [-0.3, -0.25) is 10.6 Å². The number of hydrazine groups is 1. The van der Waals surface area contributed by atoms with Gasteiger partial charge in [-0.15, -0.1) is 0 Å². The first-order valence-corrected chi connectivity index (χ1v) is 5.84. The molecule has 0 fully saturated rings. The highest BCUT2D eigenvalue weighted by atomic mass is 16.1. The fraction of sp³-hybridized carbons (Fsp3) is 0.500. The number of anilines is 1. The smallest absolute Gasteiger partial charge is 0.269 e. The maximum Gasteiger partial charge on any atom is 0.269 e. The van der Waals surface area contributed by atoms with E-state index in [1.807, 2.05) is 0 Å². The second-order valence-corrected chi connectivity index (χ2v) is 4.37. The Morgan fingerprint density at radius 1 is 1.47 bits per heavy atom. The van der Waals surface area contributed by atoms with E-state index in [-0.39, 0.29) is 5.91 Å². The molecular formula is C12H20N4O. The van der Waals surface area contributed by atoms with Crippen molar-refractivity contribution < 1.29 is 4.79 Å². The first-order chi connectivity index (χ1) is 8.13. The minimum absolute atomic E-state index is 0.141. The van der Waals surface area contributed by atoms with Gasteiger partial charge in [0.05, 0.1) is 11.9 Å². The predicted molar refractivity (Wildman–Crippen MR) is 68.5 cm³/mol. The minimum Gasteiger partial charge on any atom is -0.351 e. The highest BCUT2D eigenvalue weighted by Crippen LogP contribution is 2.05. The molecule has 1 aromatic rings. The number of amides is 1. The zero-order chi connectivity index (χ0) is 12.7. The van der Waals surface area contributed by atoms with Crippen LogP contribution in [0.1, 0.15) is 37.2 Å². The van der Waals surface area contributed by atoms with Gasteiger partial charge < -0.3 is 10.7 Å². The molecule has 0 saturated carbocycles. The van der Waals surface area contributed by atoms with Crippen LogP contribution in [0.15, 0.2) is 18.3 Å². The van der Waals surface area contributed by atoms with Crippen molar-refractivity contribution in [2.45, 2.75) is 26.7 Å². The molecule has 0 radical (unpaired) electrons. The molecule has 1 aromatic heterocycles. The van der Waals surface area contributed by atoms with Gasteiger partial charge in [-0.1, -0.05) is 13.8 Å². The largest absolute Gasteiger partial charge is 0.351 e. The van der Waals surface area contributed by atoms with E-state index in [1.165, 1.54) is 6.20 Å². The van der Waals surface area contributed by atoms with E-state index in [0.717, 1.165) is 12.8 Å². The molecule has 1 heterocycles. The third-order valence-corrected chi connectivity index (χ3v) is 2.41. The van der Waals surface area contributed by atoms with E-state index in [2.05, 4.69) is 29.6 Å². The van der Waals surface area contributed by atoms with E-state index in [4.69, 9.17) is 5.84 Å². The maximum absolute atomic E-state index is 11.7. The summed E-state index contributed by atoms with van der Waals surface area (Å²) in [6, 6.07) is 3.36. The Morgan fingerprint density at radius 2 is 2.24 bits per heavy atom. The van der Waals surface area contributed by atoms with Crippen LogP contribution in [0, 0.1) is 5.92 Å². The number of nitrogens with two attached hydrogens (primary N) is 1. The van der Waals surface area contributed by atoms with Crippen molar-refractivity contribution in [3.05, 3.63) is 24.0 Å². The lowest BCUT2D eigenvalue weighted by Crippen LogP contribution is -2.25. The minimum atomic E-state index is -0.141. The van der Waals surface area contributed by atoms with Crippen LogP contribution in [0.4, 0.5) is 5.69 Å². The third kappa shape index (κ3) is 4.82. The molecule has 0 unspecified atom stereocenters. The Kier molecular flexibility index (Phi) is 5.42. The number of carbonyl (C=O) groups is 1. The summed E-state index contributed by atoms with van der Waals surface area (Å²) in [5.41, 5.74) is 3.56. The van der Waals surface area contributed by atoms with Crippen LogP contribution in [0.5, 0.6) is 0 Å². The van der Waals surface area contributed by atoms with Crippen LogP contribution in [0.3, 0.4) is 0 Å². The van der Waals surface area contributed by atoms with E-state index in [1.54, 1.807) is 12.1 Å². The Labute approximate surface area is 102 Å². The molecule has 0 aromatic carbocycles. The molecule has 1 amide bonds. The van der Waals surface area contributed by atoms with Gasteiger partial charge in [-0.2, -0.15) is 0 Å². The lowest BCUT2D eigenvalue weighted by Gasteiger charge is -2.06. The van der Waals surface area contributed by atoms with Crippen LogP contribution in [0.2, 0.25) is 0 Å². The monoisotopic (exact) mass is 236 g/mol. The summed E-state index contributed by atoms with van der Waals surface area (Å²) in [6.45, 7) is 5.03. The number of nitrogens with one attached hydrogen (secondary N) is 2. The molecule has 0 atom stereocenters. The lowest BCUT2D eigenvalue weighted by molar-refractivity contribution is 0.0947. The SMILES string of the molecule is CC(C)CCCNC(=O)c1ccc(NN)cn1. The van der Waals surface area contributed by atoms with Gasteiger partial charge in [-0.05, 0) is 30.9 Å². The van der Waals surface area contributed by atoms with Gasteiger partial charge in [0.2, 0.25) is 0 Å². The average Bonchev–Trinajstić information content (AvgIpc) is 2.34. The Balaban J connectivity index is 2.36. The van der Waals surface area contributed by atoms with Crippen LogP contribution < -0.4 is 16.6 Å². The van der Waals surface area contributed by atoms with Gasteiger partial charge in [0, 0.05) is 6.54 Å². The predicted octanol–water partition coefficient (Wildman–Crippen LogP) is 1.53. The van der Waals surface area contributed by atoms with Crippen LogP contribution in [0.25, 0.3) is 0 Å². The Bertz CT molecular complexity index is 348. The molecule has 94 valence electrons. The van der Waals surface area contributed by atoms with Gasteiger partial charge in [0.25, 0.3) is 5.91 Å². The topological polar surface area (TPSA) is 80.0 Å². The van der Waals surface area contributed by atoms with Crippen molar-refractivity contribution in [3.8, 4) is 0 Å². The summed E-state index contributed by atoms with van der Waals surface area (Å²) in [6.07, 6.45) is 3.64. The van der Waals surface area contributed by atoms with Gasteiger partial charge >= 0.3 is 0 Å². The van der Waals surface area contributed by atoms with Crippen molar-refractivity contribution in [3.63, 3.8) is 0 Å². The molecule has 5 nitrogen and oxygen atoms in total. The van der Waals surface area contributed by atoms with Crippen molar-refractivity contribution in [1.82, 2.24) is 10.3 Å². The zero-order valence-corrected chi connectivity index (χ0v) is 10.4. The molecule has 0 aliphatic rings. The number of nitrogens with zero attached hydrogens (tertiary/aromatic N) is 1. The summed E-state index contributed by atoms with van der Waals surface area (Å²) in [5.74, 6) is 5.74. The fourth-order valence-corrected chi connectivity index (χ4v) is 1.42. The molecule has 0 bridgehead atoms. The molecule has 17 heavy (non-hydrogen) atoms. The van der Waals surface area contributed by atoms with Gasteiger partial charge in [0.15, 0.2) is 0 Å². The summed E-state index contributed by atoms with van der Waals surface area (Å²) in [4.78, 5) is 15.7. The number of aromatic nitrogens is 1. The fourth-order valence-electron chi connectivity index (χ4n) is 1.42. The molecule has 0 spiro atoms. The highest BCUT2D eigenvalue weighted by Gasteiger charge is 2.05. The van der Waals surface area contributed by atoms with Crippen molar-refractivity contribution >= 4 is 11.6 Å². The second kappa shape index (κ2) is 6.85. The number of pyridine rings is 1. The summed E-state index contributed by atoms with van der Waals surface area (Å²) < 4.78 is 0. The first kappa shape index (κ1) is 13.4. The van der Waals surface area contributed by atoms with Crippen molar-refractivity contribution in [2.24, 2.45) is 11.8 Å². The summed E-state index contributed by atoms with van der Waals surface area (Å²) in [7, 11) is 0. The van der Waals surface area contributed by atoms with E-state index in [0.29, 0.717) is 23.8 Å². The van der Waals surface area contributed by atoms with Crippen LogP contribution in [-0.4, -0.2) is 17.4 Å². The number of rotatable bonds is 6. The average molecular weight is 236 g/mol. The van der Waals surface area contributed by atoms with Gasteiger partial charge in [0.1, 0.15) is 5.69 Å². The third-order valence-electron chi connectivity index (χ3n) is 2.41. The van der Waals surface area contributed by atoms with Crippen molar-refractivity contribution in [1.29, 1.82) is 0 Å². The Morgan fingerprint density at radius 3 is 2.76 bits per heavy atom. The quantitative estimate of drug-likeness (QED) is 0.397. The molecule has 4 N–H and O–H groups in total. The van der Waals surface area contributed by atoms with Crippen LogP contribution in [-0.2, 0) is 0 Å². The van der Waals surface area contributed by atoms with Gasteiger partial charge in [-0.25, -0.2) is 4.98 Å². The normalized spacial score (nSPS) is 10.4. The van der Waals surface area contributed by atoms with E-state index >= 15 is 0 Å². The van der Waals surface area contributed by atoms with Crippen molar-refractivity contribution in [2.75, 3.05) is 12.0 Å². The molecule has 0 aliphatic carbocycles. The molecule has 5 heteroatoms. The lowest BCUT2D eigenvalue weighted by atomic mass is 10.1. The summed E-state index contributed by atoms with van der Waals surface area (Å²) in [5, 5.41) is 2.84. The van der Waals surface area contributed by atoms with E-state index in [9.17, 15) is 4.79 Å². The molecular weight excluding hydrogens is 216 g/mol. The standard InChI is InChI=1S/C12H20N4O/c1-9(2)4-3-7-14-12(17)11-6-5-10(16-13)8-15-11/h5-6,8-9,16H,3-4,7,13H2,1-2H3,(H,14,17). The molecule has 1 rings (SSSR count).